The molecule has 47 heavy (non-hydrogen) atoms. The van der Waals surface area contributed by atoms with E-state index < -0.39 is 0 Å². The van der Waals surface area contributed by atoms with Crippen LogP contribution in [-0.4, -0.2) is 0 Å². The van der Waals surface area contributed by atoms with Crippen molar-refractivity contribution in [3.8, 4) is 11.1 Å². The van der Waals surface area contributed by atoms with Crippen LogP contribution in [0.25, 0.3) is 28.9 Å². The van der Waals surface area contributed by atoms with Crippen LogP contribution < -0.4 is 35.3 Å². The van der Waals surface area contributed by atoms with E-state index >= 15 is 0 Å². The fraction of sp³-hybridized carbons (Fsp3) is 0.227. The zero-order chi connectivity index (χ0) is 30.8. The summed E-state index contributed by atoms with van der Waals surface area (Å²) in [5, 5.41) is 2.57. The summed E-state index contributed by atoms with van der Waals surface area (Å²) in [4.78, 5) is 0. The normalized spacial score (nSPS) is 14.1. The first-order valence-corrected chi connectivity index (χ1v) is 15.9. The zero-order valence-electron chi connectivity index (χ0n) is 28.3. The molecule has 1 unspecified atom stereocenters. The molecule has 0 saturated heterocycles. The molecule has 5 aromatic carbocycles. The maximum Gasteiger partial charge on any atom is 3.00 e. The minimum Gasteiger partial charge on any atom is -1.00 e. The van der Waals surface area contributed by atoms with E-state index in [1.807, 2.05) is 0 Å². The largest absolute Gasteiger partial charge is 3.00 e. The smallest absolute Gasteiger partial charge is 1.00 e. The Kier molecular flexibility index (Phi) is 10.9. The maximum absolute atomic E-state index is 3.99. The predicted octanol–water partition coefficient (Wildman–Crippen LogP) is 3.69. The monoisotopic (exact) mass is 729 g/mol. The van der Waals surface area contributed by atoms with Crippen molar-refractivity contribution in [2.75, 3.05) is 0 Å². The van der Waals surface area contributed by atoms with Gasteiger partial charge in [-0.25, -0.2) is 0 Å². The van der Waals surface area contributed by atoms with E-state index in [4.69, 9.17) is 0 Å². The third kappa shape index (κ3) is 6.70. The average Bonchev–Trinajstić information content (AvgIpc) is 3.57. The van der Waals surface area contributed by atoms with Gasteiger partial charge in [-0.05, 0) is 50.8 Å². The van der Waals surface area contributed by atoms with E-state index in [0.29, 0.717) is 0 Å². The van der Waals surface area contributed by atoms with Crippen molar-refractivity contribution in [2.45, 2.75) is 65.2 Å². The molecular weight excluding hydrogens is 691 g/mol. The number of hydrogen-bond acceptors (Lipinski definition) is 0. The predicted molar refractivity (Wildman–Crippen MR) is 188 cm³/mol. The van der Waals surface area contributed by atoms with Crippen LogP contribution in [0.5, 0.6) is 0 Å². The van der Waals surface area contributed by atoms with Gasteiger partial charge in [0, 0.05) is 5.92 Å². The summed E-state index contributed by atoms with van der Waals surface area (Å²) in [5.41, 5.74) is 15.6. The first-order chi connectivity index (χ1) is 21.0. The number of allylic oxidation sites excluding steroid dienone is 1. The second kappa shape index (κ2) is 13.9. The fourth-order valence-corrected chi connectivity index (χ4v) is 7.22. The fourth-order valence-electron chi connectivity index (χ4n) is 7.22. The van der Waals surface area contributed by atoms with Crippen LogP contribution in [-0.2, 0) is 37.0 Å². The molecule has 0 fully saturated rings. The average molecular weight is 732 g/mol. The Bertz CT molecular complexity index is 2030. The van der Waals surface area contributed by atoms with Crippen LogP contribution in [0.2, 0.25) is 0 Å². The molecule has 1 radical (unpaired) electrons. The van der Waals surface area contributed by atoms with Crippen LogP contribution >= 0.6 is 0 Å². The van der Waals surface area contributed by atoms with Gasteiger partial charge in [0.2, 0.25) is 0 Å². The van der Waals surface area contributed by atoms with Crippen molar-refractivity contribution >= 4 is 17.7 Å². The molecule has 0 amide bonds. The quantitative estimate of drug-likeness (QED) is 0.244. The van der Waals surface area contributed by atoms with Crippen molar-refractivity contribution in [1.82, 2.24) is 0 Å². The zero-order valence-corrected chi connectivity index (χ0v) is 32.3. The number of halogens is 2. The number of benzene rings is 5. The van der Waals surface area contributed by atoms with Crippen molar-refractivity contribution < 1.29 is 51.0 Å². The summed E-state index contributed by atoms with van der Waals surface area (Å²) >= 11 is 0. The van der Waals surface area contributed by atoms with Gasteiger partial charge >= 0.3 is 26.2 Å². The van der Waals surface area contributed by atoms with Crippen LogP contribution in [0, 0.1) is 6.92 Å². The summed E-state index contributed by atoms with van der Waals surface area (Å²) in [6, 6.07) is 38.4. The summed E-state index contributed by atoms with van der Waals surface area (Å²) in [6.45, 7) is 16.2. The summed E-state index contributed by atoms with van der Waals surface area (Å²) < 4.78 is 0. The van der Waals surface area contributed by atoms with E-state index in [-0.39, 0.29) is 67.8 Å². The minimum absolute atomic E-state index is 0. The Morgan fingerprint density at radius 3 is 1.85 bits per heavy atom. The Balaban J connectivity index is 0.00000167. The molecule has 0 aromatic heterocycles. The topological polar surface area (TPSA) is 0 Å². The number of rotatable bonds is 3. The third-order valence-electron chi connectivity index (χ3n) is 9.30. The van der Waals surface area contributed by atoms with E-state index in [9.17, 15) is 0 Å². The second-order valence-electron chi connectivity index (χ2n) is 14.6. The molecule has 0 saturated carbocycles. The Morgan fingerprint density at radius 2 is 1.28 bits per heavy atom. The van der Waals surface area contributed by atoms with Crippen LogP contribution in [0.1, 0.15) is 97.5 Å². The Labute approximate surface area is 312 Å². The SMILES string of the molecule is Cc1ccc2c(c1)C=CC2c1c(C(C)(C)C)c(=C(c2ccccc2)c2ccccc2)cc2c1=[C-]c1cc(C(C)(C)C)ccc1-2.[Cl-].[Cl-].[Zr+3]. The van der Waals surface area contributed by atoms with Gasteiger partial charge in [-0.15, -0.1) is 34.1 Å². The first kappa shape index (κ1) is 36.9. The van der Waals surface area contributed by atoms with E-state index in [2.05, 4.69) is 170 Å². The van der Waals surface area contributed by atoms with E-state index in [1.165, 1.54) is 77.2 Å². The molecule has 2 aliphatic carbocycles. The van der Waals surface area contributed by atoms with Gasteiger partial charge in [0.05, 0.1) is 0 Å². The number of fused-ring (bicyclic) bond motifs is 4. The molecule has 1 atom stereocenters. The van der Waals surface area contributed by atoms with E-state index in [0.717, 1.165) is 0 Å². The Hall–Kier alpha value is -2.96. The van der Waals surface area contributed by atoms with Gasteiger partial charge in [0.25, 0.3) is 0 Å². The van der Waals surface area contributed by atoms with Crippen molar-refractivity contribution in [2.24, 2.45) is 0 Å². The van der Waals surface area contributed by atoms with Crippen molar-refractivity contribution in [3.63, 3.8) is 0 Å². The third-order valence-corrected chi connectivity index (χ3v) is 9.30. The van der Waals surface area contributed by atoms with Gasteiger partial charge in [-0.1, -0.05) is 173 Å². The van der Waals surface area contributed by atoms with Crippen LogP contribution in [0.15, 0.2) is 109 Å². The molecule has 7 rings (SSSR count). The Morgan fingerprint density at radius 1 is 0.660 bits per heavy atom. The molecule has 0 N–H and O–H groups in total. The molecule has 0 aliphatic heterocycles. The summed E-state index contributed by atoms with van der Waals surface area (Å²) in [5.74, 6) is 0.158. The van der Waals surface area contributed by atoms with Crippen molar-refractivity contribution in [3.05, 3.63) is 170 Å². The number of aryl methyl sites for hydroxylation is 1. The second-order valence-corrected chi connectivity index (χ2v) is 14.6. The summed E-state index contributed by atoms with van der Waals surface area (Å²) in [6.07, 6.45) is 8.75. The van der Waals surface area contributed by atoms with Gasteiger partial charge in [0.15, 0.2) is 0 Å². The maximum atomic E-state index is 3.99. The van der Waals surface area contributed by atoms with Gasteiger partial charge in [-0.3, -0.25) is 0 Å². The van der Waals surface area contributed by atoms with Gasteiger partial charge < -0.3 is 24.8 Å². The molecule has 5 aromatic rings. The van der Waals surface area contributed by atoms with Crippen molar-refractivity contribution in [1.29, 1.82) is 0 Å². The molecule has 0 spiro atoms. The molecule has 0 heterocycles. The molecule has 3 heteroatoms. The van der Waals surface area contributed by atoms with Crippen LogP contribution in [0.4, 0.5) is 0 Å². The summed E-state index contributed by atoms with van der Waals surface area (Å²) in [7, 11) is 0. The molecule has 2 aliphatic rings. The first-order valence-electron chi connectivity index (χ1n) is 15.9. The molecule has 0 nitrogen and oxygen atoms in total. The molecule has 0 bridgehead atoms. The van der Waals surface area contributed by atoms with Crippen LogP contribution in [0.3, 0.4) is 0 Å². The minimum atomic E-state index is -0.122. The molecule has 235 valence electrons. The van der Waals surface area contributed by atoms with Gasteiger partial charge in [0.1, 0.15) is 0 Å². The standard InChI is InChI=1S/C44H41.2ClH.Zr/c1-28-18-21-34-31(24-28)19-22-36(34)41-38-26-32-25-33(43(2,3)4)20-23-35(32)37(38)27-39(42(41)44(5,6)7)40(29-14-10-8-11-15-29)30-16-12-9-13-17-30;;;/h8-25,27,36H,1-7H3;2*1H;/q-1;;;+3/p-2. The number of hydrogen-bond donors (Lipinski definition) is 0. The van der Waals surface area contributed by atoms with Gasteiger partial charge in [-0.2, -0.15) is 0 Å². The van der Waals surface area contributed by atoms with E-state index in [1.54, 1.807) is 0 Å². The molecular formula is C44H41Cl2Zr.